The van der Waals surface area contributed by atoms with E-state index >= 15 is 0 Å². The first-order valence-electron chi connectivity index (χ1n) is 6.58. The van der Waals surface area contributed by atoms with Crippen LogP contribution in [0.5, 0.6) is 0 Å². The average molecular weight is 257 g/mol. The van der Waals surface area contributed by atoms with Gasteiger partial charge in [-0.15, -0.1) is 0 Å². The summed E-state index contributed by atoms with van der Waals surface area (Å²) in [6, 6.07) is 6.05. The Balaban J connectivity index is 2.08. The van der Waals surface area contributed by atoms with Gasteiger partial charge in [0, 0.05) is 40.6 Å². The first-order chi connectivity index (χ1) is 9.07. The number of aromatic nitrogens is 1. The van der Waals surface area contributed by atoms with Crippen molar-refractivity contribution in [2.45, 2.75) is 25.8 Å². The molecule has 1 fully saturated rings. The van der Waals surface area contributed by atoms with Gasteiger partial charge >= 0.3 is 0 Å². The molecule has 0 radical (unpaired) electrons. The van der Waals surface area contributed by atoms with Gasteiger partial charge in [0.1, 0.15) is 0 Å². The predicted molar refractivity (Wildman–Crippen MR) is 78.4 cm³/mol. The van der Waals surface area contributed by atoms with Crippen LogP contribution in [-0.2, 0) is 4.74 Å². The quantitative estimate of drug-likeness (QED) is 0.812. The van der Waals surface area contributed by atoms with Gasteiger partial charge < -0.3 is 15.8 Å². The average Bonchev–Trinajstić information content (AvgIpc) is 2.80. The second-order valence-electron chi connectivity index (χ2n) is 5.56. The van der Waals surface area contributed by atoms with Crippen LogP contribution in [0.4, 0.5) is 11.4 Å². The summed E-state index contributed by atoms with van der Waals surface area (Å²) in [5.41, 5.74) is 8.88. The highest BCUT2D eigenvalue weighted by atomic mass is 16.5. The third-order valence-electron chi connectivity index (χ3n) is 3.73. The molecule has 1 aliphatic rings. The van der Waals surface area contributed by atoms with E-state index in [0.717, 1.165) is 47.5 Å². The van der Waals surface area contributed by atoms with E-state index in [-0.39, 0.29) is 5.54 Å². The van der Waals surface area contributed by atoms with Gasteiger partial charge in [0.2, 0.25) is 0 Å². The number of nitrogens with zero attached hydrogens (tertiary/aromatic N) is 1. The van der Waals surface area contributed by atoms with Crippen LogP contribution >= 0.6 is 0 Å². The molecule has 1 unspecified atom stereocenters. The number of rotatable bonds is 2. The molecule has 0 amide bonds. The van der Waals surface area contributed by atoms with Gasteiger partial charge in [-0.05, 0) is 38.5 Å². The molecule has 3 rings (SSSR count). The molecule has 4 nitrogen and oxygen atoms in total. The lowest BCUT2D eigenvalue weighted by Crippen LogP contribution is -2.35. The second kappa shape index (κ2) is 4.38. The van der Waals surface area contributed by atoms with Crippen molar-refractivity contribution in [2.75, 3.05) is 24.3 Å². The molecule has 4 heteroatoms. The van der Waals surface area contributed by atoms with Gasteiger partial charge in [-0.1, -0.05) is 0 Å². The molecular formula is C15H19N3O. The van der Waals surface area contributed by atoms with Crippen LogP contribution < -0.4 is 11.1 Å². The summed E-state index contributed by atoms with van der Waals surface area (Å²) in [6.07, 6.45) is 2.86. The normalized spacial score (nSPS) is 22.8. The number of hydrogen-bond acceptors (Lipinski definition) is 4. The molecule has 100 valence electrons. The maximum Gasteiger partial charge on any atom is 0.0694 e. The molecule has 2 aromatic rings. The van der Waals surface area contributed by atoms with E-state index in [1.54, 1.807) is 0 Å². The maximum absolute atomic E-state index is 6.02. The van der Waals surface area contributed by atoms with Crippen molar-refractivity contribution >= 4 is 22.1 Å². The molecule has 0 bridgehead atoms. The Morgan fingerprint density at radius 1 is 1.37 bits per heavy atom. The minimum Gasteiger partial charge on any atom is -0.398 e. The van der Waals surface area contributed by atoms with Crippen LogP contribution in [0.25, 0.3) is 10.8 Å². The van der Waals surface area contributed by atoms with Crippen molar-refractivity contribution < 1.29 is 4.74 Å². The summed E-state index contributed by atoms with van der Waals surface area (Å²) < 4.78 is 5.49. The Morgan fingerprint density at radius 2 is 2.21 bits per heavy atom. The molecular weight excluding hydrogens is 238 g/mol. The van der Waals surface area contributed by atoms with E-state index in [0.29, 0.717) is 0 Å². The molecule has 1 aliphatic heterocycles. The standard InChI is InChI=1S/C15H19N3O/c1-10-7-11-12(8-17-10)13(16)3-4-14(11)18-15(2)5-6-19-9-15/h3-4,7-8,18H,5-6,9,16H2,1-2H3. The summed E-state index contributed by atoms with van der Waals surface area (Å²) in [4.78, 5) is 4.33. The van der Waals surface area contributed by atoms with Crippen LogP contribution in [0.15, 0.2) is 24.4 Å². The SMILES string of the molecule is Cc1cc2c(NC3(C)CCOC3)ccc(N)c2cn1. The zero-order valence-electron chi connectivity index (χ0n) is 11.4. The lowest BCUT2D eigenvalue weighted by molar-refractivity contribution is 0.185. The number of aryl methyl sites for hydroxylation is 1. The van der Waals surface area contributed by atoms with Gasteiger partial charge in [-0.2, -0.15) is 0 Å². The predicted octanol–water partition coefficient (Wildman–Crippen LogP) is 2.72. The molecule has 1 atom stereocenters. The molecule has 1 aromatic heterocycles. The minimum absolute atomic E-state index is 0.000218. The van der Waals surface area contributed by atoms with Crippen molar-refractivity contribution in [3.8, 4) is 0 Å². The fourth-order valence-corrected chi connectivity index (χ4v) is 2.57. The van der Waals surface area contributed by atoms with E-state index in [9.17, 15) is 0 Å². The zero-order chi connectivity index (χ0) is 13.5. The number of benzene rings is 1. The Kier molecular flexibility index (Phi) is 2.82. The van der Waals surface area contributed by atoms with Crippen LogP contribution in [-0.4, -0.2) is 23.7 Å². The van der Waals surface area contributed by atoms with Crippen LogP contribution in [0.3, 0.4) is 0 Å². The van der Waals surface area contributed by atoms with Crippen LogP contribution in [0.1, 0.15) is 19.0 Å². The van der Waals surface area contributed by atoms with Gasteiger partial charge in [0.05, 0.1) is 12.1 Å². The third kappa shape index (κ3) is 2.24. The van der Waals surface area contributed by atoms with Gasteiger partial charge in [-0.3, -0.25) is 4.98 Å². The van der Waals surface area contributed by atoms with Crippen molar-refractivity contribution in [2.24, 2.45) is 0 Å². The number of anilines is 2. The van der Waals surface area contributed by atoms with Crippen molar-refractivity contribution in [3.05, 3.63) is 30.1 Å². The molecule has 2 heterocycles. The number of pyridine rings is 1. The van der Waals surface area contributed by atoms with E-state index in [4.69, 9.17) is 10.5 Å². The van der Waals surface area contributed by atoms with Crippen LogP contribution in [0.2, 0.25) is 0 Å². The highest BCUT2D eigenvalue weighted by molar-refractivity contribution is 6.01. The molecule has 3 N–H and O–H groups in total. The number of nitrogen functional groups attached to an aromatic ring is 1. The maximum atomic E-state index is 6.02. The highest BCUT2D eigenvalue weighted by Gasteiger charge is 2.29. The molecule has 1 saturated heterocycles. The summed E-state index contributed by atoms with van der Waals surface area (Å²) in [5, 5.41) is 5.73. The summed E-state index contributed by atoms with van der Waals surface area (Å²) in [7, 11) is 0. The van der Waals surface area contributed by atoms with E-state index < -0.39 is 0 Å². The monoisotopic (exact) mass is 257 g/mol. The van der Waals surface area contributed by atoms with E-state index in [1.807, 2.05) is 25.3 Å². The van der Waals surface area contributed by atoms with Gasteiger partial charge in [0.25, 0.3) is 0 Å². The third-order valence-corrected chi connectivity index (χ3v) is 3.73. The summed E-state index contributed by atoms with van der Waals surface area (Å²) in [5.74, 6) is 0. The molecule has 0 aliphatic carbocycles. The van der Waals surface area contributed by atoms with Crippen molar-refractivity contribution in [1.29, 1.82) is 0 Å². The molecule has 19 heavy (non-hydrogen) atoms. The number of fused-ring (bicyclic) bond motifs is 1. The molecule has 0 spiro atoms. The first kappa shape index (κ1) is 12.2. The largest absolute Gasteiger partial charge is 0.398 e. The van der Waals surface area contributed by atoms with Crippen molar-refractivity contribution in [1.82, 2.24) is 4.98 Å². The smallest absolute Gasteiger partial charge is 0.0694 e. The fourth-order valence-electron chi connectivity index (χ4n) is 2.57. The Labute approximate surface area is 113 Å². The number of nitrogens with one attached hydrogen (secondary N) is 1. The second-order valence-corrected chi connectivity index (χ2v) is 5.56. The fraction of sp³-hybridized carbons (Fsp3) is 0.400. The lowest BCUT2D eigenvalue weighted by atomic mass is 9.99. The first-order valence-corrected chi connectivity index (χ1v) is 6.58. The Bertz CT molecular complexity index is 618. The minimum atomic E-state index is 0.000218. The lowest BCUT2D eigenvalue weighted by Gasteiger charge is -2.26. The zero-order valence-corrected chi connectivity index (χ0v) is 11.4. The molecule has 1 aromatic carbocycles. The van der Waals surface area contributed by atoms with E-state index in [1.165, 1.54) is 0 Å². The summed E-state index contributed by atoms with van der Waals surface area (Å²) in [6.45, 7) is 5.74. The number of nitrogens with two attached hydrogens (primary N) is 1. The summed E-state index contributed by atoms with van der Waals surface area (Å²) >= 11 is 0. The van der Waals surface area contributed by atoms with Crippen LogP contribution in [0, 0.1) is 6.92 Å². The van der Waals surface area contributed by atoms with Gasteiger partial charge in [0.15, 0.2) is 0 Å². The number of ether oxygens (including phenoxy) is 1. The van der Waals surface area contributed by atoms with E-state index in [2.05, 4.69) is 23.3 Å². The number of hydrogen-bond donors (Lipinski definition) is 2. The topological polar surface area (TPSA) is 60.2 Å². The Morgan fingerprint density at radius 3 is 2.95 bits per heavy atom. The van der Waals surface area contributed by atoms with Gasteiger partial charge in [-0.25, -0.2) is 0 Å². The van der Waals surface area contributed by atoms with Crippen molar-refractivity contribution in [3.63, 3.8) is 0 Å². The molecule has 0 saturated carbocycles. The highest BCUT2D eigenvalue weighted by Crippen LogP contribution is 2.32. The Hall–Kier alpha value is -1.81.